The maximum absolute atomic E-state index is 13.1. The van der Waals surface area contributed by atoms with Gasteiger partial charge in [0.15, 0.2) is 0 Å². The highest BCUT2D eigenvalue weighted by Gasteiger charge is 2.36. The molecule has 0 bridgehead atoms. The van der Waals surface area contributed by atoms with Crippen molar-refractivity contribution in [3.63, 3.8) is 0 Å². The van der Waals surface area contributed by atoms with Crippen LogP contribution in [-0.2, 0) is 12.6 Å². The number of halogens is 3. The average Bonchev–Trinajstić information content (AvgIpc) is 2.56. The molecule has 0 radical (unpaired) electrons. The SMILES string of the molecule is CCCCOc1nc(Nc2ccccc2CCC)ncc1C(F)(F)F. The molecule has 2 rings (SSSR count). The number of alkyl halides is 3. The second kappa shape index (κ2) is 8.69. The lowest BCUT2D eigenvalue weighted by Crippen LogP contribution is -2.13. The average molecular weight is 353 g/mol. The molecule has 136 valence electrons. The van der Waals surface area contributed by atoms with E-state index in [0.717, 1.165) is 36.7 Å². The molecule has 1 N–H and O–H groups in total. The van der Waals surface area contributed by atoms with Gasteiger partial charge in [0.2, 0.25) is 11.8 Å². The minimum atomic E-state index is -4.56. The van der Waals surface area contributed by atoms with E-state index >= 15 is 0 Å². The van der Waals surface area contributed by atoms with Gasteiger partial charge >= 0.3 is 6.18 Å². The molecule has 1 heterocycles. The number of hydrogen-bond donors (Lipinski definition) is 1. The number of nitrogens with zero attached hydrogens (tertiary/aromatic N) is 2. The van der Waals surface area contributed by atoms with Gasteiger partial charge in [-0.3, -0.25) is 0 Å². The Hall–Kier alpha value is -2.31. The van der Waals surface area contributed by atoms with Crippen molar-refractivity contribution in [3.8, 4) is 5.88 Å². The second-order valence-corrected chi connectivity index (χ2v) is 5.64. The van der Waals surface area contributed by atoms with Crippen LogP contribution in [0.15, 0.2) is 30.5 Å². The van der Waals surface area contributed by atoms with Gasteiger partial charge in [-0.15, -0.1) is 0 Å². The minimum absolute atomic E-state index is 0.0862. The Bertz CT molecular complexity index is 690. The van der Waals surface area contributed by atoms with E-state index in [0.29, 0.717) is 6.42 Å². The minimum Gasteiger partial charge on any atom is -0.477 e. The molecule has 0 saturated carbocycles. The molecule has 4 nitrogen and oxygen atoms in total. The maximum atomic E-state index is 13.1. The summed E-state index contributed by atoms with van der Waals surface area (Å²) in [5, 5.41) is 3.00. The van der Waals surface area contributed by atoms with Crippen molar-refractivity contribution >= 4 is 11.6 Å². The zero-order valence-electron chi connectivity index (χ0n) is 14.4. The summed E-state index contributed by atoms with van der Waals surface area (Å²) in [5.41, 5.74) is 0.876. The van der Waals surface area contributed by atoms with Crippen LogP contribution in [0.25, 0.3) is 0 Å². The van der Waals surface area contributed by atoms with E-state index in [1.807, 2.05) is 31.2 Å². The van der Waals surface area contributed by atoms with Crippen molar-refractivity contribution in [1.29, 1.82) is 0 Å². The van der Waals surface area contributed by atoms with Crippen molar-refractivity contribution in [2.24, 2.45) is 0 Å². The fourth-order valence-corrected chi connectivity index (χ4v) is 2.29. The third-order valence-electron chi connectivity index (χ3n) is 3.58. The molecule has 1 aromatic heterocycles. The summed E-state index contributed by atoms with van der Waals surface area (Å²) < 4.78 is 44.5. The molecular weight excluding hydrogens is 331 g/mol. The first-order chi connectivity index (χ1) is 12.0. The number of benzene rings is 1. The van der Waals surface area contributed by atoms with Gasteiger partial charge in [-0.25, -0.2) is 4.98 Å². The predicted octanol–water partition coefficient (Wildman–Crippen LogP) is 5.37. The number of unbranched alkanes of at least 4 members (excludes halogenated alkanes) is 1. The van der Waals surface area contributed by atoms with Crippen molar-refractivity contribution in [3.05, 3.63) is 41.6 Å². The molecule has 0 aliphatic heterocycles. The fraction of sp³-hybridized carbons (Fsp3) is 0.444. The lowest BCUT2D eigenvalue weighted by atomic mass is 10.1. The Labute approximate surface area is 145 Å². The van der Waals surface area contributed by atoms with Crippen molar-refractivity contribution in [2.45, 2.75) is 45.7 Å². The Morgan fingerprint density at radius 1 is 1.12 bits per heavy atom. The number of nitrogens with one attached hydrogen (secondary N) is 1. The second-order valence-electron chi connectivity index (χ2n) is 5.64. The van der Waals surface area contributed by atoms with Crippen LogP contribution >= 0.6 is 0 Å². The number of aryl methyl sites for hydroxylation is 1. The predicted molar refractivity (Wildman–Crippen MR) is 91.2 cm³/mol. The number of hydrogen-bond acceptors (Lipinski definition) is 4. The summed E-state index contributed by atoms with van der Waals surface area (Å²) in [4.78, 5) is 7.75. The van der Waals surface area contributed by atoms with Crippen molar-refractivity contribution < 1.29 is 17.9 Å². The summed E-state index contributed by atoms with van der Waals surface area (Å²) in [6, 6.07) is 7.59. The lowest BCUT2D eigenvalue weighted by molar-refractivity contribution is -0.139. The molecule has 0 aliphatic carbocycles. The first-order valence-electron chi connectivity index (χ1n) is 8.37. The molecule has 2 aromatic rings. The normalized spacial score (nSPS) is 11.4. The molecule has 0 fully saturated rings. The monoisotopic (exact) mass is 353 g/mol. The molecule has 0 unspecified atom stereocenters. The lowest BCUT2D eigenvalue weighted by Gasteiger charge is -2.15. The van der Waals surface area contributed by atoms with E-state index in [4.69, 9.17) is 4.74 Å². The van der Waals surface area contributed by atoms with Gasteiger partial charge in [-0.05, 0) is 24.5 Å². The number of rotatable bonds is 8. The highest BCUT2D eigenvalue weighted by atomic mass is 19.4. The van der Waals surface area contributed by atoms with E-state index in [1.165, 1.54) is 0 Å². The van der Waals surface area contributed by atoms with Gasteiger partial charge in [0.25, 0.3) is 0 Å². The van der Waals surface area contributed by atoms with Crippen LogP contribution in [0.2, 0.25) is 0 Å². The van der Waals surface area contributed by atoms with E-state index in [9.17, 15) is 13.2 Å². The third-order valence-corrected chi connectivity index (χ3v) is 3.58. The van der Waals surface area contributed by atoms with Crippen LogP contribution in [0.3, 0.4) is 0 Å². The van der Waals surface area contributed by atoms with Crippen LogP contribution in [0.5, 0.6) is 5.88 Å². The van der Waals surface area contributed by atoms with Crippen molar-refractivity contribution in [1.82, 2.24) is 9.97 Å². The number of ether oxygens (including phenoxy) is 1. The Morgan fingerprint density at radius 2 is 1.88 bits per heavy atom. The van der Waals surface area contributed by atoms with Crippen LogP contribution in [0.4, 0.5) is 24.8 Å². The molecule has 0 amide bonds. The van der Waals surface area contributed by atoms with Crippen LogP contribution in [0, 0.1) is 0 Å². The molecule has 0 spiro atoms. The largest absolute Gasteiger partial charge is 0.477 e. The Kier molecular flexibility index (Phi) is 6.61. The van der Waals surface area contributed by atoms with E-state index in [1.54, 1.807) is 0 Å². The Morgan fingerprint density at radius 3 is 2.56 bits per heavy atom. The third kappa shape index (κ3) is 5.34. The smallest absolute Gasteiger partial charge is 0.423 e. The molecular formula is C18H22F3N3O. The topological polar surface area (TPSA) is 47.0 Å². The Balaban J connectivity index is 2.28. The quantitative estimate of drug-likeness (QED) is 0.648. The highest BCUT2D eigenvalue weighted by Crippen LogP contribution is 2.35. The molecule has 0 saturated heterocycles. The fourth-order valence-electron chi connectivity index (χ4n) is 2.29. The first-order valence-corrected chi connectivity index (χ1v) is 8.37. The van der Waals surface area contributed by atoms with Crippen LogP contribution in [0.1, 0.15) is 44.2 Å². The summed E-state index contributed by atoms with van der Waals surface area (Å²) in [6.07, 6.45) is -0.508. The standard InChI is InChI=1S/C18H22F3N3O/c1-3-5-11-25-16-14(18(19,20)21)12-22-17(24-16)23-15-10-7-6-9-13(15)8-4-2/h6-7,9-10,12H,3-5,8,11H2,1-2H3,(H,22,23,24). The summed E-state index contributed by atoms with van der Waals surface area (Å²) in [7, 11) is 0. The van der Waals surface area contributed by atoms with Gasteiger partial charge in [0.05, 0.1) is 6.61 Å². The zero-order valence-corrected chi connectivity index (χ0v) is 14.4. The number of para-hydroxylation sites is 1. The van der Waals surface area contributed by atoms with Gasteiger partial charge < -0.3 is 10.1 Å². The highest BCUT2D eigenvalue weighted by molar-refractivity contribution is 5.59. The van der Waals surface area contributed by atoms with E-state index in [-0.39, 0.29) is 12.6 Å². The van der Waals surface area contributed by atoms with E-state index < -0.39 is 17.6 Å². The first kappa shape index (κ1) is 19.0. The number of anilines is 2. The number of aromatic nitrogens is 2. The van der Waals surface area contributed by atoms with E-state index in [2.05, 4.69) is 22.2 Å². The van der Waals surface area contributed by atoms with Crippen LogP contribution in [-0.4, -0.2) is 16.6 Å². The molecule has 7 heteroatoms. The van der Waals surface area contributed by atoms with Gasteiger partial charge in [0, 0.05) is 11.9 Å². The molecule has 25 heavy (non-hydrogen) atoms. The van der Waals surface area contributed by atoms with Gasteiger partial charge in [-0.1, -0.05) is 44.9 Å². The summed E-state index contributed by atoms with van der Waals surface area (Å²) in [5.74, 6) is -0.352. The molecule has 0 aliphatic rings. The van der Waals surface area contributed by atoms with Gasteiger partial charge in [0.1, 0.15) is 5.56 Å². The zero-order chi connectivity index (χ0) is 18.3. The molecule has 1 aromatic carbocycles. The maximum Gasteiger partial charge on any atom is 0.423 e. The van der Waals surface area contributed by atoms with Crippen molar-refractivity contribution in [2.75, 3.05) is 11.9 Å². The molecule has 0 atom stereocenters. The van der Waals surface area contributed by atoms with Gasteiger partial charge in [-0.2, -0.15) is 18.2 Å². The summed E-state index contributed by atoms with van der Waals surface area (Å²) >= 11 is 0. The summed E-state index contributed by atoms with van der Waals surface area (Å²) in [6.45, 7) is 4.18. The van der Waals surface area contributed by atoms with Crippen LogP contribution < -0.4 is 10.1 Å².